The van der Waals surface area contributed by atoms with Crippen molar-refractivity contribution in [1.82, 2.24) is 0 Å². The molecule has 0 aromatic heterocycles. The molecule has 0 saturated heterocycles. The minimum absolute atomic E-state index is 0.133. The lowest BCUT2D eigenvalue weighted by Gasteiger charge is -2.17. The number of hydrogen-bond donors (Lipinski definition) is 1. The van der Waals surface area contributed by atoms with Crippen molar-refractivity contribution < 1.29 is 14.7 Å². The number of rotatable bonds is 2. The monoisotopic (exact) mass is 257 g/mol. The number of amides is 1. The highest BCUT2D eigenvalue weighted by Crippen LogP contribution is 2.71. The van der Waals surface area contributed by atoms with Gasteiger partial charge in [0.05, 0.1) is 0 Å². The highest BCUT2D eigenvalue weighted by Gasteiger charge is 2.66. The van der Waals surface area contributed by atoms with Gasteiger partial charge in [-0.3, -0.25) is 9.59 Å². The molecule has 4 nitrogen and oxygen atoms in total. The van der Waals surface area contributed by atoms with Crippen molar-refractivity contribution >= 4 is 17.6 Å². The molecule has 19 heavy (non-hydrogen) atoms. The second-order valence-corrected chi connectivity index (χ2v) is 6.02. The van der Waals surface area contributed by atoms with Gasteiger partial charge in [0.15, 0.2) is 0 Å². The highest BCUT2D eigenvalue weighted by atomic mass is 16.4. The Morgan fingerprint density at radius 1 is 1.26 bits per heavy atom. The molecule has 1 spiro atoms. The van der Waals surface area contributed by atoms with Gasteiger partial charge in [-0.15, -0.1) is 0 Å². The Balaban J connectivity index is 1.67. The van der Waals surface area contributed by atoms with E-state index in [1.807, 2.05) is 24.3 Å². The number of carbonyl (C=O) groups is 2. The minimum atomic E-state index is -0.848. The number of carboxylic acid groups (broad SMARTS) is 1. The average molecular weight is 257 g/mol. The van der Waals surface area contributed by atoms with Crippen LogP contribution in [0.4, 0.5) is 5.69 Å². The van der Waals surface area contributed by atoms with Gasteiger partial charge >= 0.3 is 5.97 Å². The summed E-state index contributed by atoms with van der Waals surface area (Å²) in [6, 6.07) is 7.38. The Hall–Kier alpha value is -1.84. The molecule has 3 aliphatic rings. The molecule has 0 unspecified atom stereocenters. The zero-order chi connectivity index (χ0) is 13.2. The summed E-state index contributed by atoms with van der Waals surface area (Å²) >= 11 is 0. The zero-order valence-corrected chi connectivity index (χ0v) is 10.5. The first kappa shape index (κ1) is 11.0. The SMILES string of the molecule is O=C(O)[C@@H]1CN(C(=O)[C@H]2CC23CC3)c2ccccc21. The van der Waals surface area contributed by atoms with Gasteiger partial charge in [-0.05, 0) is 36.3 Å². The number of benzene rings is 1. The molecule has 4 rings (SSSR count). The Bertz CT molecular complexity index is 591. The first-order valence-electron chi connectivity index (χ1n) is 6.75. The number of carbonyl (C=O) groups excluding carboxylic acids is 1. The fourth-order valence-corrected chi connectivity index (χ4v) is 3.43. The maximum absolute atomic E-state index is 12.5. The van der Waals surface area contributed by atoms with Crippen LogP contribution in [-0.2, 0) is 9.59 Å². The largest absolute Gasteiger partial charge is 0.481 e. The molecule has 0 radical (unpaired) electrons. The fraction of sp³-hybridized carbons (Fsp3) is 0.467. The summed E-state index contributed by atoms with van der Waals surface area (Å²) < 4.78 is 0. The average Bonchev–Trinajstić information content (AvgIpc) is 3.29. The molecular weight excluding hydrogens is 242 g/mol. The van der Waals surface area contributed by atoms with E-state index in [0.29, 0.717) is 12.0 Å². The second-order valence-electron chi connectivity index (χ2n) is 6.02. The van der Waals surface area contributed by atoms with Crippen LogP contribution in [0.3, 0.4) is 0 Å². The smallest absolute Gasteiger partial charge is 0.312 e. The van der Waals surface area contributed by atoms with Gasteiger partial charge in [0.1, 0.15) is 5.92 Å². The van der Waals surface area contributed by atoms with Crippen molar-refractivity contribution in [3.8, 4) is 0 Å². The van der Waals surface area contributed by atoms with Crippen LogP contribution in [0.15, 0.2) is 24.3 Å². The third-order valence-electron chi connectivity index (χ3n) is 4.91. The standard InChI is InChI=1S/C15H15NO3/c17-13(11-7-15(11)5-6-15)16-8-10(14(18)19)9-3-1-2-4-12(9)16/h1-4,10-11H,5-8H2,(H,18,19)/t10-,11-/m1/s1. The van der Waals surface area contributed by atoms with Gasteiger partial charge in [0.2, 0.25) is 5.91 Å². The number of nitrogens with zero attached hydrogens (tertiary/aromatic N) is 1. The van der Waals surface area contributed by atoms with Crippen LogP contribution < -0.4 is 4.90 Å². The third-order valence-corrected chi connectivity index (χ3v) is 4.91. The van der Waals surface area contributed by atoms with E-state index in [-0.39, 0.29) is 11.8 Å². The van der Waals surface area contributed by atoms with E-state index in [2.05, 4.69) is 0 Å². The number of para-hydroxylation sites is 1. The topological polar surface area (TPSA) is 57.6 Å². The van der Waals surface area contributed by atoms with Crippen LogP contribution in [0.5, 0.6) is 0 Å². The van der Waals surface area contributed by atoms with Crippen molar-refractivity contribution in [2.45, 2.75) is 25.2 Å². The summed E-state index contributed by atoms with van der Waals surface area (Å²) in [4.78, 5) is 25.5. The van der Waals surface area contributed by atoms with Gasteiger partial charge in [0, 0.05) is 18.2 Å². The zero-order valence-electron chi connectivity index (χ0n) is 10.5. The molecule has 4 heteroatoms. The molecule has 2 saturated carbocycles. The molecular formula is C15H15NO3. The quantitative estimate of drug-likeness (QED) is 0.881. The van der Waals surface area contributed by atoms with Crippen LogP contribution >= 0.6 is 0 Å². The first-order valence-corrected chi connectivity index (χ1v) is 6.75. The van der Waals surface area contributed by atoms with E-state index < -0.39 is 11.9 Å². The summed E-state index contributed by atoms with van der Waals surface area (Å²) in [5.74, 6) is -1.14. The number of carboxylic acids is 1. The Morgan fingerprint density at radius 2 is 2.00 bits per heavy atom. The lowest BCUT2D eigenvalue weighted by Crippen LogP contribution is -2.33. The van der Waals surface area contributed by atoms with Crippen LogP contribution in [0, 0.1) is 11.3 Å². The highest BCUT2D eigenvalue weighted by molar-refractivity contribution is 6.02. The predicted molar refractivity (Wildman–Crippen MR) is 68.9 cm³/mol. The van der Waals surface area contributed by atoms with E-state index in [4.69, 9.17) is 0 Å². The predicted octanol–water partition coefficient (Wildman–Crippen LogP) is 2.00. The number of anilines is 1. The lowest BCUT2D eigenvalue weighted by atomic mass is 10.0. The fourth-order valence-electron chi connectivity index (χ4n) is 3.43. The number of hydrogen-bond acceptors (Lipinski definition) is 2. The summed E-state index contributed by atoms with van der Waals surface area (Å²) in [5.41, 5.74) is 1.88. The molecule has 1 aliphatic heterocycles. The lowest BCUT2D eigenvalue weighted by molar-refractivity contribution is -0.138. The maximum Gasteiger partial charge on any atom is 0.312 e. The molecule has 1 amide bonds. The third kappa shape index (κ3) is 1.46. The van der Waals surface area contributed by atoms with Crippen LogP contribution in [0.1, 0.15) is 30.7 Å². The molecule has 98 valence electrons. The molecule has 2 fully saturated rings. The summed E-state index contributed by atoms with van der Waals surface area (Å²) in [6.07, 6.45) is 3.34. The Labute approximate surface area is 111 Å². The van der Waals surface area contributed by atoms with E-state index in [1.165, 1.54) is 12.8 Å². The van der Waals surface area contributed by atoms with Crippen molar-refractivity contribution in [2.75, 3.05) is 11.4 Å². The van der Waals surface area contributed by atoms with E-state index >= 15 is 0 Å². The summed E-state index contributed by atoms with van der Waals surface area (Å²) in [5, 5.41) is 9.29. The number of aliphatic carboxylic acids is 1. The molecule has 1 aromatic rings. The Kier molecular flexibility index (Phi) is 1.96. The van der Waals surface area contributed by atoms with Crippen molar-refractivity contribution in [2.24, 2.45) is 11.3 Å². The number of fused-ring (bicyclic) bond motifs is 1. The van der Waals surface area contributed by atoms with Crippen molar-refractivity contribution in [3.05, 3.63) is 29.8 Å². The minimum Gasteiger partial charge on any atom is -0.481 e. The van der Waals surface area contributed by atoms with E-state index in [9.17, 15) is 14.7 Å². The molecule has 1 aromatic carbocycles. The maximum atomic E-state index is 12.5. The molecule has 2 aliphatic carbocycles. The molecule has 1 heterocycles. The van der Waals surface area contributed by atoms with Crippen molar-refractivity contribution in [3.63, 3.8) is 0 Å². The van der Waals surface area contributed by atoms with Crippen LogP contribution in [-0.4, -0.2) is 23.5 Å². The van der Waals surface area contributed by atoms with Gasteiger partial charge in [0.25, 0.3) is 0 Å². The van der Waals surface area contributed by atoms with E-state index in [0.717, 1.165) is 17.7 Å². The molecule has 0 bridgehead atoms. The van der Waals surface area contributed by atoms with Gasteiger partial charge in [-0.2, -0.15) is 0 Å². The summed E-state index contributed by atoms with van der Waals surface area (Å²) in [6.45, 7) is 0.292. The van der Waals surface area contributed by atoms with Crippen LogP contribution in [0.25, 0.3) is 0 Å². The second kappa shape index (κ2) is 3.38. The molecule has 1 N–H and O–H groups in total. The van der Waals surface area contributed by atoms with Gasteiger partial charge < -0.3 is 10.0 Å². The van der Waals surface area contributed by atoms with Gasteiger partial charge in [-0.25, -0.2) is 0 Å². The van der Waals surface area contributed by atoms with Crippen LogP contribution in [0.2, 0.25) is 0 Å². The first-order chi connectivity index (χ1) is 9.12. The van der Waals surface area contributed by atoms with Gasteiger partial charge in [-0.1, -0.05) is 18.2 Å². The Morgan fingerprint density at radius 3 is 2.63 bits per heavy atom. The molecule has 2 atom stereocenters. The summed E-state index contributed by atoms with van der Waals surface area (Å²) in [7, 11) is 0. The van der Waals surface area contributed by atoms with Crippen molar-refractivity contribution in [1.29, 1.82) is 0 Å². The van der Waals surface area contributed by atoms with E-state index in [1.54, 1.807) is 4.90 Å². The normalized spacial score (nSPS) is 29.2.